The van der Waals surface area contributed by atoms with Crippen LogP contribution in [0.25, 0.3) is 5.65 Å². The Kier molecular flexibility index (Phi) is 7.73. The molecule has 0 spiro atoms. The predicted molar refractivity (Wildman–Crippen MR) is 116 cm³/mol. The SMILES string of the molecule is CCOC(=O)c1sc(NC(=O)c2cc3nc(C(F)F)cc(C(F)F)n3n2)c(C(=O)OC(C)C)c1C. The van der Waals surface area contributed by atoms with Gasteiger partial charge >= 0.3 is 11.9 Å². The Labute approximate surface area is 200 Å². The minimum atomic E-state index is -3.17. The zero-order valence-corrected chi connectivity index (χ0v) is 19.7. The Balaban J connectivity index is 2.04. The van der Waals surface area contributed by atoms with Crippen LogP contribution in [-0.2, 0) is 9.47 Å². The minimum Gasteiger partial charge on any atom is -0.462 e. The first kappa shape index (κ1) is 26.1. The van der Waals surface area contributed by atoms with Crippen LogP contribution in [-0.4, -0.2) is 45.2 Å². The van der Waals surface area contributed by atoms with Gasteiger partial charge in [0.05, 0.1) is 18.3 Å². The van der Waals surface area contributed by atoms with Crippen molar-refractivity contribution in [3.05, 3.63) is 45.2 Å². The Morgan fingerprint density at radius 3 is 2.37 bits per heavy atom. The van der Waals surface area contributed by atoms with Gasteiger partial charge in [-0.3, -0.25) is 4.79 Å². The number of rotatable bonds is 8. The number of nitrogens with zero attached hydrogens (tertiary/aromatic N) is 3. The number of amides is 1. The Hall–Kier alpha value is -3.55. The maximum atomic E-state index is 13.4. The third kappa shape index (κ3) is 5.42. The maximum absolute atomic E-state index is 13.4. The van der Waals surface area contributed by atoms with Gasteiger partial charge in [-0.15, -0.1) is 11.3 Å². The molecule has 0 radical (unpaired) electrons. The number of carbonyl (C=O) groups is 3. The first-order chi connectivity index (χ1) is 16.4. The summed E-state index contributed by atoms with van der Waals surface area (Å²) in [5.74, 6) is -2.48. The number of alkyl halides is 4. The third-order valence-electron chi connectivity index (χ3n) is 4.54. The second-order valence-corrected chi connectivity index (χ2v) is 8.42. The van der Waals surface area contributed by atoms with Crippen LogP contribution in [0.1, 0.15) is 81.1 Å². The van der Waals surface area contributed by atoms with Crippen molar-refractivity contribution in [2.24, 2.45) is 0 Å². The maximum Gasteiger partial charge on any atom is 0.348 e. The van der Waals surface area contributed by atoms with Crippen LogP contribution in [0.5, 0.6) is 0 Å². The number of halogens is 4. The lowest BCUT2D eigenvalue weighted by Gasteiger charge is -2.10. The number of fused-ring (bicyclic) bond motifs is 1. The summed E-state index contributed by atoms with van der Waals surface area (Å²) >= 11 is 0.757. The summed E-state index contributed by atoms with van der Waals surface area (Å²) in [6.45, 7) is 6.38. The molecule has 0 aliphatic heterocycles. The van der Waals surface area contributed by atoms with E-state index in [0.717, 1.165) is 17.4 Å². The zero-order chi connectivity index (χ0) is 26.0. The van der Waals surface area contributed by atoms with Gasteiger partial charge in [-0.05, 0) is 39.3 Å². The van der Waals surface area contributed by atoms with Gasteiger partial charge in [0.2, 0.25) is 0 Å². The van der Waals surface area contributed by atoms with Crippen LogP contribution in [0, 0.1) is 6.92 Å². The summed E-state index contributed by atoms with van der Waals surface area (Å²) in [5.41, 5.74) is -2.47. The van der Waals surface area contributed by atoms with E-state index in [4.69, 9.17) is 9.47 Å². The van der Waals surface area contributed by atoms with E-state index in [-0.39, 0.29) is 27.6 Å². The largest absolute Gasteiger partial charge is 0.462 e. The van der Waals surface area contributed by atoms with Crippen LogP contribution in [0.2, 0.25) is 0 Å². The molecule has 9 nitrogen and oxygen atoms in total. The normalized spacial score (nSPS) is 11.5. The molecule has 0 atom stereocenters. The van der Waals surface area contributed by atoms with Gasteiger partial charge in [-0.1, -0.05) is 0 Å². The van der Waals surface area contributed by atoms with Crippen molar-refractivity contribution in [2.45, 2.75) is 46.6 Å². The highest BCUT2D eigenvalue weighted by atomic mass is 32.1. The molecule has 0 aromatic carbocycles. The molecule has 3 rings (SSSR count). The number of hydrogen-bond donors (Lipinski definition) is 1. The number of carbonyl (C=O) groups excluding carboxylic acids is 3. The summed E-state index contributed by atoms with van der Waals surface area (Å²) < 4.78 is 63.7. The van der Waals surface area contributed by atoms with Crippen LogP contribution in [0.15, 0.2) is 12.1 Å². The van der Waals surface area contributed by atoms with Crippen LogP contribution < -0.4 is 5.32 Å². The summed E-state index contributed by atoms with van der Waals surface area (Å²) in [5, 5.41) is 6.12. The molecular weight excluding hydrogens is 496 g/mol. The van der Waals surface area contributed by atoms with Crippen molar-refractivity contribution in [1.82, 2.24) is 14.6 Å². The highest BCUT2D eigenvalue weighted by molar-refractivity contribution is 7.18. The van der Waals surface area contributed by atoms with E-state index in [0.29, 0.717) is 10.6 Å². The number of aromatic nitrogens is 3. The first-order valence-electron chi connectivity index (χ1n) is 10.2. The Bertz CT molecular complexity index is 1290. The van der Waals surface area contributed by atoms with E-state index in [1.54, 1.807) is 20.8 Å². The Morgan fingerprint density at radius 1 is 1.11 bits per heavy atom. The molecule has 3 aromatic rings. The fraction of sp³-hybridized carbons (Fsp3) is 0.381. The van der Waals surface area contributed by atoms with Gasteiger partial charge in [0.1, 0.15) is 21.3 Å². The van der Waals surface area contributed by atoms with Gasteiger partial charge in [0.15, 0.2) is 11.3 Å². The summed E-state index contributed by atoms with van der Waals surface area (Å²) in [6, 6.07) is 1.46. The van der Waals surface area contributed by atoms with Crippen molar-refractivity contribution >= 4 is 39.8 Å². The van der Waals surface area contributed by atoms with Crippen molar-refractivity contribution in [3.8, 4) is 0 Å². The van der Waals surface area contributed by atoms with Crippen molar-refractivity contribution in [1.29, 1.82) is 0 Å². The number of esters is 2. The molecule has 14 heteroatoms. The second-order valence-electron chi connectivity index (χ2n) is 7.40. The van der Waals surface area contributed by atoms with Crippen molar-refractivity contribution in [2.75, 3.05) is 11.9 Å². The zero-order valence-electron chi connectivity index (χ0n) is 18.9. The number of nitrogens with one attached hydrogen (secondary N) is 1. The standard InChI is InChI=1S/C21H20F4N4O5S/c1-5-33-21(32)15-9(4)14(20(31)34-8(2)3)19(35-15)27-18(30)11-7-13-26-10(16(22)23)6-12(17(24)25)29(13)28-11/h6-8,16-17H,5H2,1-4H3,(H,27,30). The number of thiophene rings is 1. The van der Waals surface area contributed by atoms with E-state index in [1.165, 1.54) is 6.92 Å². The van der Waals surface area contributed by atoms with E-state index >= 15 is 0 Å². The average Bonchev–Trinajstić information content (AvgIpc) is 3.33. The average molecular weight is 516 g/mol. The summed E-state index contributed by atoms with van der Waals surface area (Å²) in [7, 11) is 0. The van der Waals surface area contributed by atoms with Gasteiger partial charge in [0.25, 0.3) is 18.8 Å². The Morgan fingerprint density at radius 2 is 1.80 bits per heavy atom. The summed E-state index contributed by atoms with van der Waals surface area (Å²) in [6.07, 6.45) is -6.79. The second kappa shape index (κ2) is 10.4. The molecule has 3 aromatic heterocycles. The number of anilines is 1. The topological polar surface area (TPSA) is 112 Å². The van der Waals surface area contributed by atoms with Gasteiger partial charge in [0, 0.05) is 6.07 Å². The van der Waals surface area contributed by atoms with E-state index in [2.05, 4.69) is 15.4 Å². The predicted octanol–water partition coefficient (Wildman–Crippen LogP) is 4.97. The minimum absolute atomic E-state index is 0.0519. The van der Waals surface area contributed by atoms with Gasteiger partial charge in [-0.2, -0.15) is 5.10 Å². The van der Waals surface area contributed by atoms with E-state index < -0.39 is 59.5 Å². The molecule has 0 bridgehead atoms. The molecule has 1 N–H and O–H groups in total. The molecule has 1 amide bonds. The lowest BCUT2D eigenvalue weighted by molar-refractivity contribution is 0.0379. The first-order valence-corrected chi connectivity index (χ1v) is 11.1. The number of ether oxygens (including phenoxy) is 2. The van der Waals surface area contributed by atoms with Crippen LogP contribution in [0.4, 0.5) is 22.6 Å². The molecule has 0 saturated carbocycles. The molecule has 0 aliphatic rings. The van der Waals surface area contributed by atoms with Gasteiger partial charge in [-0.25, -0.2) is 36.7 Å². The molecule has 0 unspecified atom stereocenters. The van der Waals surface area contributed by atoms with Crippen molar-refractivity contribution in [3.63, 3.8) is 0 Å². The lowest BCUT2D eigenvalue weighted by atomic mass is 10.1. The van der Waals surface area contributed by atoms with E-state index in [1.807, 2.05) is 0 Å². The van der Waals surface area contributed by atoms with Crippen LogP contribution >= 0.6 is 11.3 Å². The third-order valence-corrected chi connectivity index (χ3v) is 5.72. The quantitative estimate of drug-likeness (QED) is 0.332. The fourth-order valence-electron chi connectivity index (χ4n) is 3.08. The number of hydrogen-bond acceptors (Lipinski definition) is 8. The molecule has 35 heavy (non-hydrogen) atoms. The fourth-order valence-corrected chi connectivity index (χ4v) is 4.16. The molecule has 0 aliphatic carbocycles. The smallest absolute Gasteiger partial charge is 0.348 e. The van der Waals surface area contributed by atoms with E-state index in [9.17, 15) is 31.9 Å². The lowest BCUT2D eigenvalue weighted by Crippen LogP contribution is -2.17. The highest BCUT2D eigenvalue weighted by Gasteiger charge is 2.29. The molecule has 0 fully saturated rings. The van der Waals surface area contributed by atoms with Crippen molar-refractivity contribution < 1.29 is 41.4 Å². The monoisotopic (exact) mass is 516 g/mol. The highest BCUT2D eigenvalue weighted by Crippen LogP contribution is 2.35. The van der Waals surface area contributed by atoms with Gasteiger partial charge < -0.3 is 14.8 Å². The van der Waals surface area contributed by atoms with Crippen LogP contribution in [0.3, 0.4) is 0 Å². The molecular formula is C21H20F4N4O5S. The molecule has 188 valence electrons. The summed E-state index contributed by atoms with van der Waals surface area (Å²) in [4.78, 5) is 41.5. The molecule has 3 heterocycles. The molecule has 0 saturated heterocycles.